The van der Waals surface area contributed by atoms with Crippen molar-refractivity contribution in [1.82, 2.24) is 5.32 Å². The summed E-state index contributed by atoms with van der Waals surface area (Å²) in [6, 6.07) is 6.41. The number of amides is 1. The molecule has 0 atom stereocenters. The Bertz CT molecular complexity index is 401. The molecule has 0 saturated carbocycles. The molecule has 0 saturated heterocycles. The van der Waals surface area contributed by atoms with Gasteiger partial charge >= 0.3 is 0 Å². The van der Waals surface area contributed by atoms with Crippen molar-refractivity contribution in [3.8, 4) is 5.75 Å². The van der Waals surface area contributed by atoms with E-state index in [0.29, 0.717) is 11.4 Å². The molecule has 0 spiro atoms. The van der Waals surface area contributed by atoms with Crippen LogP contribution < -0.4 is 5.32 Å². The van der Waals surface area contributed by atoms with Gasteiger partial charge in [-0.05, 0) is 12.1 Å². The number of carbonyl (C=O) groups is 1. The number of oxime groups is 1. The van der Waals surface area contributed by atoms with Crippen molar-refractivity contribution in [1.29, 1.82) is 0 Å². The predicted octanol–water partition coefficient (Wildman–Crippen LogP) is 0.200. The second kappa shape index (κ2) is 3.37. The summed E-state index contributed by atoms with van der Waals surface area (Å²) < 4.78 is 0. The van der Waals surface area contributed by atoms with Gasteiger partial charge in [-0.2, -0.15) is 0 Å². The highest BCUT2D eigenvalue weighted by molar-refractivity contribution is 6.08. The van der Waals surface area contributed by atoms with Crippen LogP contribution in [-0.2, 0) is 9.63 Å². The summed E-state index contributed by atoms with van der Waals surface area (Å²) in [5.41, 5.74) is 0.609. The molecule has 5 nitrogen and oxygen atoms in total. The smallest absolute Gasteiger partial charge is 0.266 e. The molecule has 0 radical (unpaired) electrons. The second-order valence-electron chi connectivity index (χ2n) is 2.81. The van der Waals surface area contributed by atoms with Gasteiger partial charge in [-0.1, -0.05) is 17.3 Å². The molecule has 2 rings (SSSR count). The van der Waals surface area contributed by atoms with Gasteiger partial charge in [-0.25, -0.2) is 0 Å². The molecule has 72 valence electrons. The maximum atomic E-state index is 11.0. The minimum Gasteiger partial charge on any atom is -0.508 e. The molecular weight excluding hydrogens is 184 g/mol. The molecular formula is C9H8N2O3. The van der Waals surface area contributed by atoms with Crippen LogP contribution in [0.25, 0.3) is 0 Å². The number of nitrogens with zero attached hydrogens (tertiary/aromatic N) is 1. The Morgan fingerprint density at radius 3 is 3.07 bits per heavy atom. The third-order valence-corrected chi connectivity index (χ3v) is 1.73. The zero-order chi connectivity index (χ0) is 9.97. The molecule has 1 aliphatic rings. The summed E-state index contributed by atoms with van der Waals surface area (Å²) >= 11 is 0. The third kappa shape index (κ3) is 1.66. The van der Waals surface area contributed by atoms with E-state index in [9.17, 15) is 9.90 Å². The maximum absolute atomic E-state index is 11.0. The quantitative estimate of drug-likeness (QED) is 0.667. The third-order valence-electron chi connectivity index (χ3n) is 1.73. The van der Waals surface area contributed by atoms with Crippen LogP contribution in [0.5, 0.6) is 5.75 Å². The molecule has 1 aromatic carbocycles. The van der Waals surface area contributed by atoms with Crippen LogP contribution in [0.1, 0.15) is 5.56 Å². The lowest BCUT2D eigenvalue weighted by molar-refractivity contribution is -0.125. The van der Waals surface area contributed by atoms with E-state index >= 15 is 0 Å². The summed E-state index contributed by atoms with van der Waals surface area (Å²) in [7, 11) is 0. The standard InChI is InChI=1S/C9H8N2O3/c12-7-3-1-2-6(4-7)9-10-8(13)5-14-11-9/h1-4,12H,5H2,(H,10,11,13). The van der Waals surface area contributed by atoms with E-state index in [4.69, 9.17) is 0 Å². The number of rotatable bonds is 1. The summed E-state index contributed by atoms with van der Waals surface area (Å²) in [5.74, 6) is 0.181. The summed E-state index contributed by atoms with van der Waals surface area (Å²) in [4.78, 5) is 15.6. The lowest BCUT2D eigenvalue weighted by Crippen LogP contribution is -2.37. The van der Waals surface area contributed by atoms with E-state index in [1.54, 1.807) is 12.1 Å². The van der Waals surface area contributed by atoms with E-state index in [1.807, 2.05) is 0 Å². The van der Waals surface area contributed by atoms with Gasteiger partial charge in [0.1, 0.15) is 5.75 Å². The monoisotopic (exact) mass is 192 g/mol. The number of amidine groups is 1. The minimum absolute atomic E-state index is 0.0671. The van der Waals surface area contributed by atoms with Crippen LogP contribution in [0.3, 0.4) is 0 Å². The van der Waals surface area contributed by atoms with E-state index in [0.717, 1.165) is 0 Å². The Hall–Kier alpha value is -2.04. The number of hydrogen-bond acceptors (Lipinski definition) is 4. The van der Waals surface area contributed by atoms with Crippen LogP contribution in [0.4, 0.5) is 0 Å². The number of phenols is 1. The number of benzene rings is 1. The largest absolute Gasteiger partial charge is 0.508 e. The van der Waals surface area contributed by atoms with E-state index in [2.05, 4.69) is 15.3 Å². The normalized spacial score (nSPS) is 15.4. The fourth-order valence-corrected chi connectivity index (χ4v) is 1.12. The molecule has 0 unspecified atom stereocenters. The second-order valence-corrected chi connectivity index (χ2v) is 2.81. The number of nitrogens with one attached hydrogen (secondary N) is 1. The highest BCUT2D eigenvalue weighted by Gasteiger charge is 2.14. The zero-order valence-corrected chi connectivity index (χ0v) is 7.23. The van der Waals surface area contributed by atoms with Crippen molar-refractivity contribution in [2.45, 2.75) is 0 Å². The van der Waals surface area contributed by atoms with Crippen LogP contribution in [-0.4, -0.2) is 23.5 Å². The first-order chi connectivity index (χ1) is 6.75. The van der Waals surface area contributed by atoms with Gasteiger partial charge in [0, 0.05) is 5.56 Å². The van der Waals surface area contributed by atoms with Crippen LogP contribution in [0.15, 0.2) is 29.4 Å². The average molecular weight is 192 g/mol. The first-order valence-electron chi connectivity index (χ1n) is 4.05. The molecule has 1 aliphatic heterocycles. The zero-order valence-electron chi connectivity index (χ0n) is 7.23. The lowest BCUT2D eigenvalue weighted by Gasteiger charge is -2.12. The molecule has 0 aliphatic carbocycles. The Morgan fingerprint density at radius 1 is 1.50 bits per heavy atom. The molecule has 0 aromatic heterocycles. The van der Waals surface area contributed by atoms with Crippen molar-refractivity contribution >= 4 is 11.7 Å². The van der Waals surface area contributed by atoms with E-state index < -0.39 is 0 Å². The lowest BCUT2D eigenvalue weighted by atomic mass is 10.2. The first-order valence-corrected chi connectivity index (χ1v) is 4.05. The Morgan fingerprint density at radius 2 is 2.36 bits per heavy atom. The van der Waals surface area contributed by atoms with Gasteiger partial charge in [0.15, 0.2) is 12.4 Å². The molecule has 2 N–H and O–H groups in total. The van der Waals surface area contributed by atoms with E-state index in [1.165, 1.54) is 12.1 Å². The van der Waals surface area contributed by atoms with Gasteiger partial charge in [0.2, 0.25) is 0 Å². The van der Waals surface area contributed by atoms with Crippen LogP contribution in [0.2, 0.25) is 0 Å². The number of carbonyl (C=O) groups excluding carboxylic acids is 1. The highest BCUT2D eigenvalue weighted by atomic mass is 16.6. The van der Waals surface area contributed by atoms with E-state index in [-0.39, 0.29) is 18.3 Å². The van der Waals surface area contributed by atoms with Gasteiger partial charge < -0.3 is 15.3 Å². The summed E-state index contributed by atoms with van der Waals surface area (Å²) in [5, 5.41) is 15.4. The number of aromatic hydroxyl groups is 1. The van der Waals surface area contributed by atoms with Crippen molar-refractivity contribution in [3.05, 3.63) is 29.8 Å². The topological polar surface area (TPSA) is 70.9 Å². The Kier molecular flexibility index (Phi) is 2.06. The molecule has 0 fully saturated rings. The maximum Gasteiger partial charge on any atom is 0.266 e. The summed E-state index contributed by atoms with van der Waals surface area (Å²) in [6.07, 6.45) is 0. The first kappa shape index (κ1) is 8.55. The molecule has 1 heterocycles. The molecule has 0 bridgehead atoms. The van der Waals surface area contributed by atoms with Gasteiger partial charge in [-0.3, -0.25) is 4.79 Å². The van der Waals surface area contributed by atoms with Crippen LogP contribution >= 0.6 is 0 Å². The SMILES string of the molecule is O=C1CON=C(c2cccc(O)c2)N1. The van der Waals surface area contributed by atoms with Crippen molar-refractivity contribution < 1.29 is 14.7 Å². The van der Waals surface area contributed by atoms with Gasteiger partial charge in [0.05, 0.1) is 0 Å². The molecule has 5 heteroatoms. The fourth-order valence-electron chi connectivity index (χ4n) is 1.12. The summed E-state index contributed by atoms with van der Waals surface area (Å²) in [6.45, 7) is -0.0671. The number of hydrogen-bond donors (Lipinski definition) is 2. The highest BCUT2D eigenvalue weighted by Crippen LogP contribution is 2.11. The molecule has 14 heavy (non-hydrogen) atoms. The van der Waals surface area contributed by atoms with Crippen LogP contribution in [0, 0.1) is 0 Å². The van der Waals surface area contributed by atoms with Crippen molar-refractivity contribution in [2.75, 3.05) is 6.61 Å². The Labute approximate surface area is 80.0 Å². The minimum atomic E-state index is -0.252. The molecule has 1 amide bonds. The average Bonchev–Trinajstić information content (AvgIpc) is 2.18. The Balaban J connectivity index is 2.31. The van der Waals surface area contributed by atoms with Crippen molar-refractivity contribution in [3.63, 3.8) is 0 Å². The fraction of sp³-hybridized carbons (Fsp3) is 0.111. The number of phenolic OH excluding ortho intramolecular Hbond substituents is 1. The van der Waals surface area contributed by atoms with Gasteiger partial charge in [0.25, 0.3) is 5.91 Å². The van der Waals surface area contributed by atoms with Gasteiger partial charge in [-0.15, -0.1) is 0 Å². The van der Waals surface area contributed by atoms with Crippen molar-refractivity contribution in [2.24, 2.45) is 5.16 Å². The molecule has 1 aromatic rings. The predicted molar refractivity (Wildman–Crippen MR) is 48.7 cm³/mol.